The van der Waals surface area contributed by atoms with Crippen LogP contribution < -0.4 is 0 Å². The molecule has 1 heterocycles. The molecule has 0 saturated heterocycles. The molecule has 5 nitrogen and oxygen atoms in total. The van der Waals surface area contributed by atoms with Crippen molar-refractivity contribution < 1.29 is 4.79 Å². The van der Waals surface area contributed by atoms with Crippen LogP contribution in [-0.4, -0.2) is 39.9 Å². The predicted octanol–water partition coefficient (Wildman–Crippen LogP) is 0.519. The number of hydrogen-bond donors (Lipinski definition) is 0. The molecule has 1 amide bonds. The molecule has 0 bridgehead atoms. The van der Waals surface area contributed by atoms with Crippen LogP contribution in [0, 0.1) is 0 Å². The van der Waals surface area contributed by atoms with Gasteiger partial charge in [-0.05, 0) is 12.1 Å². The van der Waals surface area contributed by atoms with Gasteiger partial charge < -0.3 is 4.90 Å². The van der Waals surface area contributed by atoms with Crippen LogP contribution in [0.25, 0.3) is 11.0 Å². The van der Waals surface area contributed by atoms with Gasteiger partial charge >= 0.3 is 0 Å². The summed E-state index contributed by atoms with van der Waals surface area (Å²) >= 11 is 0. The number of carbonyl (C=O) groups excluding carboxylic acids is 1. The molecule has 0 aliphatic rings. The first-order chi connectivity index (χ1) is 7.31. The third-order valence-corrected chi connectivity index (χ3v) is 2.26. The first-order valence-corrected chi connectivity index (χ1v) is 4.75. The molecule has 0 fully saturated rings. The fourth-order valence-corrected chi connectivity index (χ4v) is 1.39. The summed E-state index contributed by atoms with van der Waals surface area (Å²) in [5.41, 5.74) is 1.88. The van der Waals surface area contributed by atoms with Crippen LogP contribution in [-0.2, 0) is 11.3 Å². The number of para-hydroxylation sites is 1. The molecule has 0 radical (unpaired) electrons. The topological polar surface area (TPSA) is 51.0 Å². The lowest BCUT2D eigenvalue weighted by Gasteiger charge is -2.09. The standard InChI is InChI=1S/C10H12N4O/c1-13(8-15)6-7-14-10-5-3-2-4-9(10)11-12-14/h2-5,8H,6-7H2,1H3. The quantitative estimate of drug-likeness (QED) is 0.682. The van der Waals surface area contributed by atoms with Gasteiger partial charge in [0.15, 0.2) is 0 Å². The van der Waals surface area contributed by atoms with Crippen molar-refractivity contribution in [3.8, 4) is 0 Å². The van der Waals surface area contributed by atoms with E-state index in [1.807, 2.05) is 24.3 Å². The first kappa shape index (κ1) is 9.64. The van der Waals surface area contributed by atoms with E-state index in [0.717, 1.165) is 17.4 Å². The molecule has 0 atom stereocenters. The number of fused-ring (bicyclic) bond motifs is 1. The van der Waals surface area contributed by atoms with Crippen LogP contribution in [0.5, 0.6) is 0 Å². The molecule has 78 valence electrons. The van der Waals surface area contributed by atoms with Crippen LogP contribution in [0.1, 0.15) is 0 Å². The van der Waals surface area contributed by atoms with Gasteiger partial charge in [0.25, 0.3) is 0 Å². The maximum Gasteiger partial charge on any atom is 0.209 e. The molecule has 1 aromatic heterocycles. The van der Waals surface area contributed by atoms with Crippen LogP contribution in [0.2, 0.25) is 0 Å². The maximum atomic E-state index is 10.4. The third-order valence-electron chi connectivity index (χ3n) is 2.26. The van der Waals surface area contributed by atoms with E-state index in [9.17, 15) is 4.79 Å². The van der Waals surface area contributed by atoms with Crippen molar-refractivity contribution in [2.75, 3.05) is 13.6 Å². The summed E-state index contributed by atoms with van der Waals surface area (Å²) in [6, 6.07) is 7.77. The Bertz CT molecular complexity index is 465. The van der Waals surface area contributed by atoms with Gasteiger partial charge in [-0.1, -0.05) is 17.3 Å². The van der Waals surface area contributed by atoms with Crippen LogP contribution in [0.4, 0.5) is 0 Å². The van der Waals surface area contributed by atoms with Gasteiger partial charge in [0.1, 0.15) is 5.52 Å². The molecule has 2 aromatic rings. The van der Waals surface area contributed by atoms with Gasteiger partial charge in [0, 0.05) is 13.6 Å². The molecule has 0 aliphatic heterocycles. The lowest BCUT2D eigenvalue weighted by Crippen LogP contribution is -2.21. The van der Waals surface area contributed by atoms with Gasteiger partial charge in [0.2, 0.25) is 6.41 Å². The average Bonchev–Trinajstić information content (AvgIpc) is 2.69. The molecule has 0 unspecified atom stereocenters. The SMILES string of the molecule is CN(C=O)CCn1nnc2ccccc21. The number of nitrogens with zero attached hydrogens (tertiary/aromatic N) is 4. The fourth-order valence-electron chi connectivity index (χ4n) is 1.39. The summed E-state index contributed by atoms with van der Waals surface area (Å²) in [5.74, 6) is 0. The minimum atomic E-state index is 0.636. The van der Waals surface area contributed by atoms with Gasteiger partial charge in [-0.15, -0.1) is 5.10 Å². The van der Waals surface area contributed by atoms with Gasteiger partial charge in [-0.3, -0.25) is 4.79 Å². The summed E-state index contributed by atoms with van der Waals surface area (Å²) in [7, 11) is 1.74. The molecular weight excluding hydrogens is 192 g/mol. The van der Waals surface area contributed by atoms with Crippen LogP contribution in [0.3, 0.4) is 0 Å². The van der Waals surface area contributed by atoms with Crippen molar-refractivity contribution in [1.29, 1.82) is 0 Å². The molecule has 2 rings (SSSR count). The summed E-state index contributed by atoms with van der Waals surface area (Å²) in [6.45, 7) is 1.30. The van der Waals surface area contributed by atoms with E-state index in [1.54, 1.807) is 16.6 Å². The fraction of sp³-hybridized carbons (Fsp3) is 0.300. The largest absolute Gasteiger partial charge is 0.346 e. The molecule has 0 spiro atoms. The molecule has 15 heavy (non-hydrogen) atoms. The Balaban J connectivity index is 2.18. The lowest BCUT2D eigenvalue weighted by molar-refractivity contribution is -0.117. The van der Waals surface area contributed by atoms with Crippen LogP contribution >= 0.6 is 0 Å². The minimum absolute atomic E-state index is 0.636. The Hall–Kier alpha value is -1.91. The second-order valence-electron chi connectivity index (χ2n) is 3.39. The number of carbonyl (C=O) groups is 1. The highest BCUT2D eigenvalue weighted by atomic mass is 16.1. The highest BCUT2D eigenvalue weighted by Gasteiger charge is 2.03. The lowest BCUT2D eigenvalue weighted by atomic mass is 10.3. The molecule has 5 heteroatoms. The van der Waals surface area contributed by atoms with Crippen molar-refractivity contribution in [3.63, 3.8) is 0 Å². The van der Waals surface area contributed by atoms with Gasteiger partial charge in [0.05, 0.1) is 12.1 Å². The van der Waals surface area contributed by atoms with E-state index in [2.05, 4.69) is 10.3 Å². The second kappa shape index (κ2) is 4.08. The third kappa shape index (κ3) is 1.96. The molecular formula is C10H12N4O. The molecule has 0 aliphatic carbocycles. The summed E-state index contributed by atoms with van der Waals surface area (Å²) in [6.07, 6.45) is 0.805. The van der Waals surface area contributed by atoms with E-state index >= 15 is 0 Å². The number of benzene rings is 1. The van der Waals surface area contributed by atoms with E-state index in [1.165, 1.54) is 0 Å². The Morgan fingerprint density at radius 2 is 2.27 bits per heavy atom. The van der Waals surface area contributed by atoms with Crippen molar-refractivity contribution >= 4 is 17.4 Å². The second-order valence-corrected chi connectivity index (χ2v) is 3.39. The van der Waals surface area contributed by atoms with Crippen molar-refractivity contribution in [3.05, 3.63) is 24.3 Å². The Morgan fingerprint density at radius 3 is 3.07 bits per heavy atom. The minimum Gasteiger partial charge on any atom is -0.346 e. The molecule has 0 saturated carbocycles. The van der Waals surface area contributed by atoms with Gasteiger partial charge in [-0.25, -0.2) is 4.68 Å². The average molecular weight is 204 g/mol. The van der Waals surface area contributed by atoms with E-state index in [4.69, 9.17) is 0 Å². The van der Waals surface area contributed by atoms with Crippen LogP contribution in [0.15, 0.2) is 24.3 Å². The van der Waals surface area contributed by atoms with Gasteiger partial charge in [-0.2, -0.15) is 0 Å². The van der Waals surface area contributed by atoms with Crippen molar-refractivity contribution in [2.45, 2.75) is 6.54 Å². The zero-order chi connectivity index (χ0) is 10.7. The van der Waals surface area contributed by atoms with E-state index in [-0.39, 0.29) is 0 Å². The Morgan fingerprint density at radius 1 is 1.47 bits per heavy atom. The van der Waals surface area contributed by atoms with Crippen molar-refractivity contribution in [2.24, 2.45) is 0 Å². The highest BCUT2D eigenvalue weighted by molar-refractivity contribution is 5.73. The van der Waals surface area contributed by atoms with E-state index < -0.39 is 0 Å². The maximum absolute atomic E-state index is 10.4. The Kier molecular flexibility index (Phi) is 2.62. The van der Waals surface area contributed by atoms with Crippen molar-refractivity contribution in [1.82, 2.24) is 19.9 Å². The number of rotatable bonds is 4. The Labute approximate surface area is 87.3 Å². The number of likely N-dealkylation sites (N-methyl/N-ethyl adjacent to an activating group) is 1. The summed E-state index contributed by atoms with van der Waals surface area (Å²) in [5, 5.41) is 8.05. The highest BCUT2D eigenvalue weighted by Crippen LogP contribution is 2.09. The number of hydrogen-bond acceptors (Lipinski definition) is 3. The monoisotopic (exact) mass is 204 g/mol. The first-order valence-electron chi connectivity index (χ1n) is 4.75. The summed E-state index contributed by atoms with van der Waals surface area (Å²) < 4.78 is 1.80. The number of aromatic nitrogens is 3. The zero-order valence-electron chi connectivity index (χ0n) is 8.50. The normalized spacial score (nSPS) is 10.5. The van der Waals surface area contributed by atoms with E-state index in [0.29, 0.717) is 13.1 Å². The molecule has 0 N–H and O–H groups in total. The predicted molar refractivity (Wildman–Crippen MR) is 56.2 cm³/mol. The number of amides is 1. The summed E-state index contributed by atoms with van der Waals surface area (Å²) in [4.78, 5) is 12.0. The zero-order valence-corrected chi connectivity index (χ0v) is 8.50. The smallest absolute Gasteiger partial charge is 0.209 e. The molecule has 1 aromatic carbocycles.